The summed E-state index contributed by atoms with van der Waals surface area (Å²) in [6.45, 7) is 4.58. The molecule has 0 saturated heterocycles. The molecule has 0 heterocycles. The Kier molecular flexibility index (Phi) is 8.89. The number of hydrogen-bond donors (Lipinski definition) is 0. The van der Waals surface area contributed by atoms with Crippen LogP contribution in [0.4, 0.5) is 0 Å². The highest BCUT2D eigenvalue weighted by Gasteiger charge is 2.11. The van der Waals surface area contributed by atoms with Crippen molar-refractivity contribution in [1.82, 2.24) is 0 Å². The normalized spacial score (nSPS) is 14.7. The molecule has 4 heteroatoms. The van der Waals surface area contributed by atoms with E-state index < -0.39 is 10.6 Å². The van der Waals surface area contributed by atoms with Crippen molar-refractivity contribution in [3.63, 3.8) is 0 Å². The van der Waals surface area contributed by atoms with Gasteiger partial charge in [-0.3, -0.25) is 8.37 Å². The van der Waals surface area contributed by atoms with Crippen LogP contribution in [-0.4, -0.2) is 32.9 Å². The lowest BCUT2D eigenvalue weighted by atomic mass is 10.0. The maximum Gasteiger partial charge on any atom is 0.0603 e. The van der Waals surface area contributed by atoms with Gasteiger partial charge in [0.1, 0.15) is 0 Å². The van der Waals surface area contributed by atoms with Crippen molar-refractivity contribution in [1.29, 1.82) is 0 Å². The first-order valence-electron chi connectivity index (χ1n) is 7.71. The summed E-state index contributed by atoms with van der Waals surface area (Å²) >= 11 is 0. The Morgan fingerprint density at radius 2 is 1.76 bits per heavy atom. The lowest BCUT2D eigenvalue weighted by Gasteiger charge is -2.36. The van der Waals surface area contributed by atoms with Gasteiger partial charge in [-0.15, -0.1) is 8.58 Å². The Morgan fingerprint density at radius 1 is 1.14 bits per heavy atom. The van der Waals surface area contributed by atoms with E-state index in [1.54, 1.807) is 14.2 Å². The molecule has 122 valence electrons. The van der Waals surface area contributed by atoms with E-state index in [2.05, 4.69) is 44.1 Å². The lowest BCUT2D eigenvalue weighted by Crippen LogP contribution is -2.08. The van der Waals surface area contributed by atoms with E-state index in [1.165, 1.54) is 24.0 Å². The third-order valence-electron chi connectivity index (χ3n) is 3.99. The van der Waals surface area contributed by atoms with Gasteiger partial charge in [0.05, 0.1) is 14.2 Å². The summed E-state index contributed by atoms with van der Waals surface area (Å²) < 4.78 is 11.0. The molecule has 2 nitrogen and oxygen atoms in total. The predicted octanol–water partition coefficient (Wildman–Crippen LogP) is 5.33. The fraction of sp³-hybridized carbons (Fsp3) is 0.647. The smallest absolute Gasteiger partial charge is 0.0603 e. The first-order chi connectivity index (χ1) is 10.1. The van der Waals surface area contributed by atoms with Crippen LogP contribution in [0.15, 0.2) is 24.3 Å². The minimum Gasteiger partial charge on any atom is -0.288 e. The van der Waals surface area contributed by atoms with Crippen LogP contribution in [0.5, 0.6) is 0 Å². The second kappa shape index (κ2) is 9.84. The maximum absolute atomic E-state index is 5.48. The van der Waals surface area contributed by atoms with E-state index in [0.717, 1.165) is 32.8 Å². The molecule has 0 aliphatic carbocycles. The zero-order valence-corrected chi connectivity index (χ0v) is 16.0. The lowest BCUT2D eigenvalue weighted by molar-refractivity contribution is 0.350. The summed E-state index contributed by atoms with van der Waals surface area (Å²) in [5.41, 5.74) is 3.67. The van der Waals surface area contributed by atoms with Gasteiger partial charge in [0, 0.05) is 17.7 Å². The van der Waals surface area contributed by atoms with Crippen LogP contribution in [0.25, 0.3) is 0 Å². The van der Waals surface area contributed by atoms with Crippen molar-refractivity contribution in [2.45, 2.75) is 38.3 Å². The molecule has 0 aliphatic rings. The number of aryl methyl sites for hydroxylation is 1. The molecule has 1 rings (SSSR count). The molecule has 0 saturated carbocycles. The molecule has 0 spiro atoms. The van der Waals surface area contributed by atoms with Gasteiger partial charge >= 0.3 is 0 Å². The Bertz CT molecular complexity index is 390. The molecule has 21 heavy (non-hydrogen) atoms. The Balaban J connectivity index is 2.51. The maximum atomic E-state index is 5.48. The summed E-state index contributed by atoms with van der Waals surface area (Å²) in [6, 6.07) is 9.24. The van der Waals surface area contributed by atoms with Crippen LogP contribution >= 0.6 is 19.2 Å². The Labute approximate surface area is 134 Å². The van der Waals surface area contributed by atoms with Gasteiger partial charge in [-0.1, -0.05) is 37.6 Å². The van der Waals surface area contributed by atoms with Crippen molar-refractivity contribution in [2.75, 3.05) is 32.9 Å². The third-order valence-corrected chi connectivity index (χ3v) is 7.75. The van der Waals surface area contributed by atoms with Crippen molar-refractivity contribution in [2.24, 2.45) is 0 Å². The van der Waals surface area contributed by atoms with E-state index in [-0.39, 0.29) is 0 Å². The summed E-state index contributed by atoms with van der Waals surface area (Å²) in [4.78, 5) is 0. The summed E-state index contributed by atoms with van der Waals surface area (Å²) in [6.07, 6.45) is 6.86. The van der Waals surface area contributed by atoms with Gasteiger partial charge in [0.15, 0.2) is 0 Å². The second-order valence-corrected chi connectivity index (χ2v) is 9.64. The molecule has 0 aliphatic heterocycles. The molecule has 0 radical (unpaired) electrons. The van der Waals surface area contributed by atoms with E-state index in [9.17, 15) is 0 Å². The molecule has 0 amide bonds. The standard InChI is InChI=1S/C17H31O2PS/c1-6-8-17(20-4)16-12-10-15(11-13-16)9-7-14-21(5,18-2)19-3/h10-13,17,20H,6-9,14H2,1-5H3. The van der Waals surface area contributed by atoms with Crippen molar-refractivity contribution in [3.8, 4) is 0 Å². The fourth-order valence-electron chi connectivity index (χ4n) is 2.46. The Hall–Kier alpha value is -0.0800. The topological polar surface area (TPSA) is 18.5 Å². The molecule has 1 aromatic carbocycles. The molecule has 0 N–H and O–H groups in total. The van der Waals surface area contributed by atoms with Crippen LogP contribution in [-0.2, 0) is 14.8 Å². The first kappa shape index (κ1) is 19.0. The molecule has 0 bridgehead atoms. The fourth-order valence-corrected chi connectivity index (χ4v) is 4.70. The van der Waals surface area contributed by atoms with Crippen LogP contribution < -0.4 is 0 Å². The summed E-state index contributed by atoms with van der Waals surface area (Å²) in [7, 11) is 3.16. The van der Waals surface area contributed by atoms with Crippen LogP contribution in [0.2, 0.25) is 0 Å². The summed E-state index contributed by atoms with van der Waals surface area (Å²) in [5.74, 6) is 0.997. The Morgan fingerprint density at radius 3 is 2.24 bits per heavy atom. The van der Waals surface area contributed by atoms with Gasteiger partial charge in [0.25, 0.3) is 0 Å². The molecule has 1 aromatic rings. The average Bonchev–Trinajstić information content (AvgIpc) is 2.53. The van der Waals surface area contributed by atoms with Crippen molar-refractivity contribution in [3.05, 3.63) is 35.4 Å². The molecule has 0 fully saturated rings. The zero-order valence-electron chi connectivity index (χ0n) is 14.1. The van der Waals surface area contributed by atoms with Crippen LogP contribution in [0.1, 0.15) is 43.0 Å². The van der Waals surface area contributed by atoms with Gasteiger partial charge in [-0.05, 0) is 37.1 Å². The van der Waals surface area contributed by atoms with E-state index in [1.807, 2.05) is 0 Å². The van der Waals surface area contributed by atoms with E-state index in [4.69, 9.17) is 8.37 Å². The van der Waals surface area contributed by atoms with Crippen molar-refractivity contribution >= 4 is 19.2 Å². The second-order valence-electron chi connectivity index (χ2n) is 5.44. The van der Waals surface area contributed by atoms with E-state index >= 15 is 0 Å². The monoisotopic (exact) mass is 330 g/mol. The number of benzene rings is 1. The summed E-state index contributed by atoms with van der Waals surface area (Å²) in [5, 5.41) is 0. The largest absolute Gasteiger partial charge is 0.288 e. The van der Waals surface area contributed by atoms with Crippen molar-refractivity contribution < 1.29 is 8.37 Å². The zero-order chi connectivity index (χ0) is 15.7. The third kappa shape index (κ3) is 6.28. The molecular weight excluding hydrogens is 299 g/mol. The molecular formula is C17H31O2PS. The predicted molar refractivity (Wildman–Crippen MR) is 99.1 cm³/mol. The number of hydrogen-bond acceptors (Lipinski definition) is 2. The van der Waals surface area contributed by atoms with Crippen LogP contribution in [0.3, 0.4) is 0 Å². The SMILES string of the molecule is CCCC(PC)c1ccc(CCCS(C)(OC)OC)cc1. The minimum atomic E-state index is -1.32. The first-order valence-corrected chi connectivity index (χ1v) is 11.4. The quantitative estimate of drug-likeness (QED) is 0.540. The number of rotatable bonds is 10. The van der Waals surface area contributed by atoms with Crippen LogP contribution in [0, 0.1) is 0 Å². The van der Waals surface area contributed by atoms with Gasteiger partial charge in [-0.25, -0.2) is 0 Å². The van der Waals surface area contributed by atoms with Gasteiger partial charge in [-0.2, -0.15) is 10.6 Å². The van der Waals surface area contributed by atoms with Gasteiger partial charge < -0.3 is 0 Å². The molecule has 0 aromatic heterocycles. The molecule has 2 atom stereocenters. The highest BCUT2D eigenvalue weighted by Crippen LogP contribution is 2.45. The van der Waals surface area contributed by atoms with E-state index in [0.29, 0.717) is 0 Å². The molecule has 2 unspecified atom stereocenters. The van der Waals surface area contributed by atoms with Gasteiger partial charge in [0.2, 0.25) is 0 Å². The minimum absolute atomic E-state index is 0.749. The highest BCUT2D eigenvalue weighted by molar-refractivity contribution is 8.25. The highest BCUT2D eigenvalue weighted by atomic mass is 32.3. The average molecular weight is 330 g/mol.